The Hall–Kier alpha value is 0.140. The molecule has 0 saturated carbocycles. The molecular formula is C8H16BrNO. The van der Waals surface area contributed by atoms with Gasteiger partial charge in [0.15, 0.2) is 0 Å². The van der Waals surface area contributed by atoms with Crippen LogP contribution in [0.3, 0.4) is 0 Å². The van der Waals surface area contributed by atoms with Crippen molar-refractivity contribution in [2.24, 2.45) is 0 Å². The molecule has 66 valence electrons. The fourth-order valence-electron chi connectivity index (χ4n) is 0.592. The minimum atomic E-state index is -0.595. The molecule has 0 bridgehead atoms. The summed E-state index contributed by atoms with van der Waals surface area (Å²) in [6.45, 7) is 8.76. The summed E-state index contributed by atoms with van der Waals surface area (Å²) in [5, 5.41) is 12.6. The van der Waals surface area contributed by atoms with E-state index >= 15 is 0 Å². The molecule has 1 atom stereocenters. The Labute approximate surface area is 76.8 Å². The van der Waals surface area contributed by atoms with E-state index in [1.165, 1.54) is 0 Å². The molecule has 2 nitrogen and oxygen atoms in total. The fourth-order valence-corrected chi connectivity index (χ4v) is 0.791. The van der Waals surface area contributed by atoms with Gasteiger partial charge in [0, 0.05) is 17.6 Å². The quantitative estimate of drug-likeness (QED) is 0.741. The normalized spacial score (nSPS) is 16.0. The monoisotopic (exact) mass is 221 g/mol. The SMILES string of the molecule is C=C(Br)CNCC(C)(O)CC. The minimum absolute atomic E-state index is 0.595. The molecule has 0 fully saturated rings. The van der Waals surface area contributed by atoms with E-state index in [2.05, 4.69) is 27.8 Å². The van der Waals surface area contributed by atoms with Crippen LogP contribution in [0.25, 0.3) is 0 Å². The molecule has 0 aliphatic carbocycles. The molecule has 2 N–H and O–H groups in total. The van der Waals surface area contributed by atoms with Gasteiger partial charge >= 0.3 is 0 Å². The highest BCUT2D eigenvalue weighted by Gasteiger charge is 2.15. The van der Waals surface area contributed by atoms with Gasteiger partial charge in [0.1, 0.15) is 0 Å². The lowest BCUT2D eigenvalue weighted by molar-refractivity contribution is 0.0569. The lowest BCUT2D eigenvalue weighted by atomic mass is 10.0. The second-order valence-corrected chi connectivity index (χ2v) is 4.09. The van der Waals surface area contributed by atoms with Crippen LogP contribution in [0, 0.1) is 0 Å². The molecule has 11 heavy (non-hydrogen) atoms. The zero-order chi connectivity index (χ0) is 8.91. The van der Waals surface area contributed by atoms with Crippen molar-refractivity contribution in [2.75, 3.05) is 13.1 Å². The van der Waals surface area contributed by atoms with Crippen molar-refractivity contribution in [3.63, 3.8) is 0 Å². The maximum atomic E-state index is 9.53. The predicted molar refractivity (Wildman–Crippen MR) is 51.9 cm³/mol. The molecule has 3 heteroatoms. The number of rotatable bonds is 5. The van der Waals surface area contributed by atoms with Gasteiger partial charge in [-0.2, -0.15) is 0 Å². The highest BCUT2D eigenvalue weighted by atomic mass is 79.9. The van der Waals surface area contributed by atoms with E-state index < -0.39 is 5.60 Å². The van der Waals surface area contributed by atoms with Crippen LogP contribution >= 0.6 is 15.9 Å². The Bertz CT molecular complexity index is 134. The molecule has 0 aromatic carbocycles. The molecule has 0 aliphatic rings. The average Bonchev–Trinajstić information content (AvgIpc) is 1.87. The summed E-state index contributed by atoms with van der Waals surface area (Å²) in [5.41, 5.74) is -0.595. The molecule has 0 rings (SSSR count). The summed E-state index contributed by atoms with van der Waals surface area (Å²) in [6, 6.07) is 0. The highest BCUT2D eigenvalue weighted by molar-refractivity contribution is 9.11. The van der Waals surface area contributed by atoms with E-state index in [1.54, 1.807) is 0 Å². The van der Waals surface area contributed by atoms with Crippen LogP contribution in [0.15, 0.2) is 11.1 Å². The van der Waals surface area contributed by atoms with E-state index in [0.717, 1.165) is 10.9 Å². The van der Waals surface area contributed by atoms with Gasteiger partial charge in [0.05, 0.1) is 5.60 Å². The summed E-state index contributed by atoms with van der Waals surface area (Å²) >= 11 is 3.23. The molecule has 1 unspecified atom stereocenters. The van der Waals surface area contributed by atoms with Crippen LogP contribution in [0.5, 0.6) is 0 Å². The van der Waals surface area contributed by atoms with Crippen molar-refractivity contribution in [1.29, 1.82) is 0 Å². The van der Waals surface area contributed by atoms with Gasteiger partial charge in [-0.3, -0.25) is 0 Å². The molecular weight excluding hydrogens is 206 g/mol. The molecule has 0 spiro atoms. The second-order valence-electron chi connectivity index (χ2n) is 2.97. The zero-order valence-corrected chi connectivity index (χ0v) is 8.74. The van der Waals surface area contributed by atoms with Crippen molar-refractivity contribution in [2.45, 2.75) is 25.9 Å². The maximum absolute atomic E-state index is 9.53. The number of hydrogen-bond donors (Lipinski definition) is 2. The van der Waals surface area contributed by atoms with Crippen molar-refractivity contribution in [1.82, 2.24) is 5.32 Å². The van der Waals surface area contributed by atoms with Gasteiger partial charge in [-0.1, -0.05) is 29.4 Å². The molecule has 0 radical (unpaired) electrons. The Kier molecular flexibility index (Phi) is 4.97. The van der Waals surface area contributed by atoms with E-state index in [9.17, 15) is 5.11 Å². The standard InChI is InChI=1S/C8H16BrNO/c1-4-8(3,11)6-10-5-7(2)9/h10-11H,2,4-6H2,1,3H3. The van der Waals surface area contributed by atoms with Gasteiger partial charge in [-0.05, 0) is 13.3 Å². The number of hydrogen-bond acceptors (Lipinski definition) is 2. The van der Waals surface area contributed by atoms with Crippen LogP contribution < -0.4 is 5.32 Å². The third-order valence-electron chi connectivity index (χ3n) is 1.58. The third kappa shape index (κ3) is 6.53. The van der Waals surface area contributed by atoms with Crippen LogP contribution in [0.1, 0.15) is 20.3 Å². The minimum Gasteiger partial charge on any atom is -0.389 e. The molecule has 0 saturated heterocycles. The lowest BCUT2D eigenvalue weighted by Crippen LogP contribution is -2.37. The molecule has 0 heterocycles. The first kappa shape index (κ1) is 11.1. The van der Waals surface area contributed by atoms with E-state index in [4.69, 9.17) is 0 Å². The third-order valence-corrected chi connectivity index (χ3v) is 1.86. The Morgan fingerprint density at radius 1 is 1.73 bits per heavy atom. The van der Waals surface area contributed by atoms with Gasteiger partial charge in [-0.25, -0.2) is 0 Å². The molecule has 0 amide bonds. The first-order valence-electron chi connectivity index (χ1n) is 3.74. The highest BCUT2D eigenvalue weighted by Crippen LogP contribution is 2.06. The van der Waals surface area contributed by atoms with Gasteiger partial charge in [0.25, 0.3) is 0 Å². The lowest BCUT2D eigenvalue weighted by Gasteiger charge is -2.21. The zero-order valence-electron chi connectivity index (χ0n) is 7.15. The molecule has 0 aliphatic heterocycles. The first-order chi connectivity index (χ1) is 4.98. The Morgan fingerprint density at radius 2 is 2.27 bits per heavy atom. The fraction of sp³-hybridized carbons (Fsp3) is 0.750. The summed E-state index contributed by atoms with van der Waals surface area (Å²) in [5.74, 6) is 0. The first-order valence-corrected chi connectivity index (χ1v) is 4.53. The Morgan fingerprint density at radius 3 is 2.64 bits per heavy atom. The van der Waals surface area contributed by atoms with Crippen LogP contribution in [-0.4, -0.2) is 23.8 Å². The van der Waals surface area contributed by atoms with Crippen molar-refractivity contribution in [3.05, 3.63) is 11.1 Å². The molecule has 0 aromatic rings. The van der Waals surface area contributed by atoms with Crippen LogP contribution in [0.2, 0.25) is 0 Å². The largest absolute Gasteiger partial charge is 0.389 e. The second kappa shape index (κ2) is 4.91. The summed E-state index contributed by atoms with van der Waals surface area (Å²) in [4.78, 5) is 0. The number of nitrogens with one attached hydrogen (secondary N) is 1. The van der Waals surface area contributed by atoms with Crippen LogP contribution in [-0.2, 0) is 0 Å². The van der Waals surface area contributed by atoms with Gasteiger partial charge in [0.2, 0.25) is 0 Å². The van der Waals surface area contributed by atoms with E-state index in [0.29, 0.717) is 13.1 Å². The van der Waals surface area contributed by atoms with Gasteiger partial charge < -0.3 is 10.4 Å². The van der Waals surface area contributed by atoms with Crippen molar-refractivity contribution < 1.29 is 5.11 Å². The summed E-state index contributed by atoms with van der Waals surface area (Å²) in [6.07, 6.45) is 0.759. The van der Waals surface area contributed by atoms with Crippen molar-refractivity contribution >= 4 is 15.9 Å². The summed E-state index contributed by atoms with van der Waals surface area (Å²) in [7, 11) is 0. The number of aliphatic hydroxyl groups is 1. The smallest absolute Gasteiger partial charge is 0.0741 e. The Balaban J connectivity index is 3.45. The van der Waals surface area contributed by atoms with Crippen molar-refractivity contribution in [3.8, 4) is 0 Å². The predicted octanol–water partition coefficient (Wildman–Crippen LogP) is 1.65. The maximum Gasteiger partial charge on any atom is 0.0741 e. The average molecular weight is 222 g/mol. The number of halogens is 1. The van der Waals surface area contributed by atoms with Gasteiger partial charge in [-0.15, -0.1) is 0 Å². The summed E-state index contributed by atoms with van der Waals surface area (Å²) < 4.78 is 0.907. The molecule has 0 aromatic heterocycles. The van der Waals surface area contributed by atoms with Crippen LogP contribution in [0.4, 0.5) is 0 Å². The van der Waals surface area contributed by atoms with E-state index in [1.807, 2.05) is 13.8 Å². The topological polar surface area (TPSA) is 32.3 Å². The van der Waals surface area contributed by atoms with E-state index in [-0.39, 0.29) is 0 Å².